The Balaban J connectivity index is 1.60. The first-order valence-corrected chi connectivity index (χ1v) is 8.12. The van der Waals surface area contributed by atoms with Gasteiger partial charge in [0.15, 0.2) is 5.78 Å². The fourth-order valence-corrected chi connectivity index (χ4v) is 3.04. The summed E-state index contributed by atoms with van der Waals surface area (Å²) in [4.78, 5) is 29.1. The van der Waals surface area contributed by atoms with E-state index in [9.17, 15) is 14.9 Å². The highest BCUT2D eigenvalue weighted by Crippen LogP contribution is 2.26. The molecule has 0 atom stereocenters. The standard InChI is InChI=1S/C18H19N3O4/c1-25-16-5-2-13(3-6-16)18(22)14-8-10-20(11-9-14)17-7-4-15(12-19-17)21(23)24/h2-7,12,14H,8-11H2,1H3. The van der Waals surface area contributed by atoms with Crippen LogP contribution in [0.1, 0.15) is 23.2 Å². The van der Waals surface area contributed by atoms with Gasteiger partial charge in [0.2, 0.25) is 0 Å². The Labute approximate surface area is 145 Å². The first kappa shape index (κ1) is 16.9. The number of hydrogen-bond donors (Lipinski definition) is 0. The number of benzene rings is 1. The number of Topliss-reactive ketones (excluding diaryl/α,β-unsaturated/α-hetero) is 1. The molecular formula is C18H19N3O4. The Hall–Kier alpha value is -2.96. The minimum absolute atomic E-state index is 0.0114. The van der Waals surface area contributed by atoms with Crippen LogP contribution in [0.15, 0.2) is 42.6 Å². The van der Waals surface area contributed by atoms with E-state index >= 15 is 0 Å². The molecule has 2 aromatic rings. The monoisotopic (exact) mass is 341 g/mol. The molecule has 0 N–H and O–H groups in total. The minimum Gasteiger partial charge on any atom is -0.497 e. The molecule has 0 unspecified atom stereocenters. The molecule has 25 heavy (non-hydrogen) atoms. The summed E-state index contributed by atoms with van der Waals surface area (Å²) in [7, 11) is 1.60. The number of hydrogen-bond acceptors (Lipinski definition) is 6. The lowest BCUT2D eigenvalue weighted by Crippen LogP contribution is -2.36. The zero-order valence-corrected chi connectivity index (χ0v) is 13.9. The molecule has 2 heterocycles. The molecule has 1 aromatic heterocycles. The van der Waals surface area contributed by atoms with Crippen molar-refractivity contribution in [3.8, 4) is 5.75 Å². The van der Waals surface area contributed by atoms with Crippen LogP contribution in [-0.2, 0) is 0 Å². The summed E-state index contributed by atoms with van der Waals surface area (Å²) >= 11 is 0. The lowest BCUT2D eigenvalue weighted by atomic mass is 9.89. The summed E-state index contributed by atoms with van der Waals surface area (Å²) in [6.07, 6.45) is 2.75. The van der Waals surface area contributed by atoms with Crippen LogP contribution in [0.25, 0.3) is 0 Å². The maximum absolute atomic E-state index is 12.6. The number of carbonyl (C=O) groups excluding carboxylic acids is 1. The first-order valence-electron chi connectivity index (χ1n) is 8.12. The molecule has 0 radical (unpaired) electrons. The number of aromatic nitrogens is 1. The average Bonchev–Trinajstić information content (AvgIpc) is 2.67. The van der Waals surface area contributed by atoms with Crippen molar-refractivity contribution in [1.82, 2.24) is 4.98 Å². The van der Waals surface area contributed by atoms with Gasteiger partial charge in [0.05, 0.1) is 12.0 Å². The topological polar surface area (TPSA) is 85.6 Å². The van der Waals surface area contributed by atoms with E-state index < -0.39 is 4.92 Å². The van der Waals surface area contributed by atoms with Gasteiger partial charge < -0.3 is 9.64 Å². The third-order valence-corrected chi connectivity index (χ3v) is 4.51. The van der Waals surface area contributed by atoms with Gasteiger partial charge in [-0.1, -0.05) is 0 Å². The van der Waals surface area contributed by atoms with Crippen LogP contribution >= 0.6 is 0 Å². The Morgan fingerprint density at radius 3 is 2.40 bits per heavy atom. The molecule has 1 fully saturated rings. The van der Waals surface area contributed by atoms with Crippen LogP contribution in [0.4, 0.5) is 11.5 Å². The highest BCUT2D eigenvalue weighted by molar-refractivity contribution is 5.98. The number of pyridine rings is 1. The number of nitrogens with zero attached hydrogens (tertiary/aromatic N) is 3. The fourth-order valence-electron chi connectivity index (χ4n) is 3.04. The number of anilines is 1. The van der Waals surface area contributed by atoms with Gasteiger partial charge in [0, 0.05) is 30.6 Å². The number of methoxy groups -OCH3 is 1. The molecule has 1 saturated heterocycles. The average molecular weight is 341 g/mol. The van der Waals surface area contributed by atoms with Gasteiger partial charge in [-0.3, -0.25) is 14.9 Å². The first-order chi connectivity index (χ1) is 12.1. The molecular weight excluding hydrogens is 322 g/mol. The fraction of sp³-hybridized carbons (Fsp3) is 0.333. The molecule has 1 aliphatic heterocycles. The summed E-state index contributed by atoms with van der Waals surface area (Å²) in [6.45, 7) is 1.41. The van der Waals surface area contributed by atoms with Crippen LogP contribution in [-0.4, -0.2) is 35.9 Å². The largest absolute Gasteiger partial charge is 0.497 e. The van der Waals surface area contributed by atoms with Crippen molar-refractivity contribution in [2.24, 2.45) is 5.92 Å². The summed E-state index contributed by atoms with van der Waals surface area (Å²) in [6, 6.07) is 10.3. The van der Waals surface area contributed by atoms with Crippen LogP contribution in [0.3, 0.4) is 0 Å². The van der Waals surface area contributed by atoms with Gasteiger partial charge in [-0.2, -0.15) is 0 Å². The lowest BCUT2D eigenvalue weighted by molar-refractivity contribution is -0.385. The van der Waals surface area contributed by atoms with E-state index in [-0.39, 0.29) is 17.4 Å². The number of ketones is 1. The number of piperidine rings is 1. The third-order valence-electron chi connectivity index (χ3n) is 4.51. The normalized spacial score (nSPS) is 15.0. The number of rotatable bonds is 5. The highest BCUT2D eigenvalue weighted by atomic mass is 16.6. The van der Waals surface area contributed by atoms with E-state index in [1.807, 2.05) is 0 Å². The predicted molar refractivity (Wildman–Crippen MR) is 93.2 cm³/mol. The van der Waals surface area contributed by atoms with Gasteiger partial charge in [-0.25, -0.2) is 4.98 Å². The van der Waals surface area contributed by atoms with Crippen molar-refractivity contribution in [3.05, 3.63) is 58.3 Å². The molecule has 130 valence electrons. The maximum atomic E-state index is 12.6. The minimum atomic E-state index is -0.462. The van der Waals surface area contributed by atoms with Gasteiger partial charge in [0.1, 0.15) is 17.8 Å². The van der Waals surface area contributed by atoms with Crippen molar-refractivity contribution in [2.45, 2.75) is 12.8 Å². The van der Waals surface area contributed by atoms with Gasteiger partial charge in [-0.05, 0) is 43.2 Å². The SMILES string of the molecule is COc1ccc(C(=O)C2CCN(c3ccc([N+](=O)[O-])cn3)CC2)cc1. The van der Waals surface area contributed by atoms with Gasteiger partial charge in [0.25, 0.3) is 5.69 Å². The molecule has 0 spiro atoms. The van der Waals surface area contributed by atoms with Gasteiger partial charge >= 0.3 is 0 Å². The van der Waals surface area contributed by atoms with Crippen molar-refractivity contribution >= 4 is 17.3 Å². The van der Waals surface area contributed by atoms with E-state index in [1.165, 1.54) is 12.3 Å². The predicted octanol–water partition coefficient (Wildman–Crippen LogP) is 3.10. The van der Waals surface area contributed by atoms with E-state index in [2.05, 4.69) is 9.88 Å². The van der Waals surface area contributed by atoms with E-state index in [0.717, 1.165) is 18.6 Å². The molecule has 0 amide bonds. The molecule has 1 aromatic carbocycles. The molecule has 7 nitrogen and oxygen atoms in total. The number of nitro groups is 1. The quantitative estimate of drug-likeness (QED) is 0.472. The smallest absolute Gasteiger partial charge is 0.287 e. The van der Waals surface area contributed by atoms with E-state index in [4.69, 9.17) is 4.74 Å². The molecule has 7 heteroatoms. The Morgan fingerprint density at radius 1 is 1.20 bits per heavy atom. The Kier molecular flexibility index (Phi) is 4.92. The van der Waals surface area contributed by atoms with Crippen LogP contribution < -0.4 is 9.64 Å². The Morgan fingerprint density at radius 2 is 1.88 bits per heavy atom. The van der Waals surface area contributed by atoms with E-state index in [1.54, 1.807) is 37.4 Å². The molecule has 3 rings (SSSR count). The Bertz CT molecular complexity index is 751. The summed E-state index contributed by atoms with van der Waals surface area (Å²) in [5.41, 5.74) is 0.682. The van der Waals surface area contributed by atoms with E-state index in [0.29, 0.717) is 24.5 Å². The van der Waals surface area contributed by atoms with Crippen molar-refractivity contribution < 1.29 is 14.5 Å². The molecule has 0 saturated carbocycles. The summed E-state index contributed by atoms with van der Waals surface area (Å²) < 4.78 is 5.11. The molecule has 0 bridgehead atoms. The molecule has 0 aliphatic carbocycles. The summed E-state index contributed by atoms with van der Waals surface area (Å²) in [5.74, 6) is 1.58. The van der Waals surface area contributed by atoms with Crippen molar-refractivity contribution in [1.29, 1.82) is 0 Å². The van der Waals surface area contributed by atoms with Crippen molar-refractivity contribution in [3.63, 3.8) is 0 Å². The van der Waals surface area contributed by atoms with Crippen molar-refractivity contribution in [2.75, 3.05) is 25.1 Å². The van der Waals surface area contributed by atoms with Crippen LogP contribution in [0.2, 0.25) is 0 Å². The zero-order chi connectivity index (χ0) is 17.8. The third kappa shape index (κ3) is 3.76. The lowest BCUT2D eigenvalue weighted by Gasteiger charge is -2.32. The summed E-state index contributed by atoms with van der Waals surface area (Å²) in [5, 5.41) is 10.7. The van der Waals surface area contributed by atoms with Crippen LogP contribution in [0, 0.1) is 16.0 Å². The second kappa shape index (κ2) is 7.29. The van der Waals surface area contributed by atoms with Crippen LogP contribution in [0.5, 0.6) is 5.75 Å². The maximum Gasteiger partial charge on any atom is 0.287 e. The number of carbonyl (C=O) groups is 1. The second-order valence-electron chi connectivity index (χ2n) is 5.99. The zero-order valence-electron chi connectivity index (χ0n) is 13.9. The molecule has 1 aliphatic rings. The second-order valence-corrected chi connectivity index (χ2v) is 5.99. The number of ether oxygens (including phenoxy) is 1. The highest BCUT2D eigenvalue weighted by Gasteiger charge is 2.26. The van der Waals surface area contributed by atoms with Gasteiger partial charge in [-0.15, -0.1) is 0 Å².